The van der Waals surface area contributed by atoms with E-state index >= 15 is 0 Å². The van der Waals surface area contributed by atoms with Gasteiger partial charge in [0.1, 0.15) is 23.3 Å². The number of carboxylic acids is 1. The first kappa shape index (κ1) is 32.4. The summed E-state index contributed by atoms with van der Waals surface area (Å²) in [6.45, 7) is 2.90. The van der Waals surface area contributed by atoms with Crippen molar-refractivity contribution in [3.05, 3.63) is 35.8 Å². The first-order valence-corrected chi connectivity index (χ1v) is 14.5. The van der Waals surface area contributed by atoms with E-state index in [0.29, 0.717) is 25.9 Å². The number of piperidine rings is 1. The fourth-order valence-corrected chi connectivity index (χ4v) is 5.09. The number of aromatic nitrogens is 1. The number of rotatable bonds is 10. The van der Waals surface area contributed by atoms with Gasteiger partial charge in [-0.15, -0.1) is 0 Å². The van der Waals surface area contributed by atoms with Crippen LogP contribution >= 0.6 is 0 Å². The summed E-state index contributed by atoms with van der Waals surface area (Å²) in [7, 11) is 0. The van der Waals surface area contributed by atoms with Gasteiger partial charge in [-0.05, 0) is 38.3 Å². The van der Waals surface area contributed by atoms with Crippen molar-refractivity contribution in [2.24, 2.45) is 0 Å². The maximum absolute atomic E-state index is 14.8. The van der Waals surface area contributed by atoms with Gasteiger partial charge in [-0.25, -0.2) is 14.2 Å². The number of pyridine rings is 1. The molecule has 1 aromatic heterocycles. The lowest BCUT2D eigenvalue weighted by molar-refractivity contribution is -0.138. The number of nitrogens with one attached hydrogen (secondary N) is 1. The molecule has 1 unspecified atom stereocenters. The Hall–Kier alpha value is -4.53. The summed E-state index contributed by atoms with van der Waals surface area (Å²) in [6, 6.07) is 4.00. The number of amides is 4. The number of halogens is 1. The second-order valence-corrected chi connectivity index (χ2v) is 10.5. The lowest BCUT2D eigenvalue weighted by Gasteiger charge is -2.35. The molecule has 3 N–H and O–H groups in total. The van der Waals surface area contributed by atoms with Crippen LogP contribution in [0.3, 0.4) is 0 Å². The number of aliphatic hydroxyl groups excluding tert-OH is 1. The van der Waals surface area contributed by atoms with Gasteiger partial charge in [0.25, 0.3) is 11.8 Å². The van der Waals surface area contributed by atoms with Crippen LogP contribution in [-0.4, -0.2) is 124 Å². The van der Waals surface area contributed by atoms with E-state index in [-0.39, 0.29) is 67.5 Å². The van der Waals surface area contributed by atoms with Crippen molar-refractivity contribution < 1.29 is 48.0 Å². The Labute approximate surface area is 252 Å². The number of benzene rings is 1. The van der Waals surface area contributed by atoms with Crippen LogP contribution in [0.5, 0.6) is 5.75 Å². The van der Waals surface area contributed by atoms with E-state index in [1.807, 2.05) is 0 Å². The number of fused-ring (bicyclic) bond motifs is 1. The molecule has 4 amide bonds. The summed E-state index contributed by atoms with van der Waals surface area (Å²) >= 11 is 0. The van der Waals surface area contributed by atoms with Crippen LogP contribution in [0.25, 0.3) is 10.9 Å². The summed E-state index contributed by atoms with van der Waals surface area (Å²) in [4.78, 5) is 71.5. The summed E-state index contributed by atoms with van der Waals surface area (Å²) < 4.78 is 25.5. The molecule has 15 heteroatoms. The van der Waals surface area contributed by atoms with Gasteiger partial charge in [0.2, 0.25) is 5.91 Å². The molecule has 44 heavy (non-hydrogen) atoms. The van der Waals surface area contributed by atoms with Crippen molar-refractivity contribution >= 4 is 40.7 Å². The van der Waals surface area contributed by atoms with E-state index in [0.717, 1.165) is 0 Å². The largest absolute Gasteiger partial charge is 0.483 e. The number of hydrogen-bond donors (Lipinski definition) is 3. The fourth-order valence-electron chi connectivity index (χ4n) is 5.09. The van der Waals surface area contributed by atoms with E-state index < -0.39 is 54.9 Å². The average molecular weight is 618 g/mol. The van der Waals surface area contributed by atoms with Crippen LogP contribution < -0.4 is 10.1 Å². The molecular weight excluding hydrogens is 581 g/mol. The summed E-state index contributed by atoms with van der Waals surface area (Å²) in [6.07, 6.45) is -0.705. The van der Waals surface area contributed by atoms with Gasteiger partial charge >= 0.3 is 12.1 Å². The van der Waals surface area contributed by atoms with Crippen molar-refractivity contribution in [2.75, 3.05) is 52.5 Å². The van der Waals surface area contributed by atoms with Crippen molar-refractivity contribution in [2.45, 2.75) is 44.8 Å². The minimum atomic E-state index is -1.22. The van der Waals surface area contributed by atoms with Crippen LogP contribution in [0.15, 0.2) is 24.3 Å². The van der Waals surface area contributed by atoms with E-state index in [1.54, 1.807) is 6.92 Å². The average Bonchev–Trinajstić information content (AvgIpc) is 3.01. The van der Waals surface area contributed by atoms with Gasteiger partial charge in [0.15, 0.2) is 6.61 Å². The van der Waals surface area contributed by atoms with Crippen LogP contribution in [0, 0.1) is 5.82 Å². The molecule has 1 atom stereocenters. The van der Waals surface area contributed by atoms with E-state index in [2.05, 4.69) is 10.3 Å². The van der Waals surface area contributed by atoms with Crippen molar-refractivity contribution in [3.8, 4) is 5.75 Å². The highest BCUT2D eigenvalue weighted by Gasteiger charge is 2.31. The summed E-state index contributed by atoms with van der Waals surface area (Å²) in [5.74, 6) is -3.66. The third kappa shape index (κ3) is 8.09. The molecule has 2 saturated heterocycles. The van der Waals surface area contributed by atoms with Gasteiger partial charge < -0.3 is 39.7 Å². The van der Waals surface area contributed by atoms with Gasteiger partial charge in [0.05, 0.1) is 23.6 Å². The third-order valence-electron chi connectivity index (χ3n) is 7.52. The Morgan fingerprint density at radius 1 is 1.05 bits per heavy atom. The smallest absolute Gasteiger partial charge is 0.409 e. The molecule has 2 aromatic rings. The van der Waals surface area contributed by atoms with Crippen LogP contribution in [-0.2, 0) is 19.1 Å². The predicted molar refractivity (Wildman–Crippen MR) is 152 cm³/mol. The number of likely N-dealkylation sites (tertiary alicyclic amines) is 1. The number of carboxylic acid groups (broad SMARTS) is 1. The molecule has 0 spiro atoms. The highest BCUT2D eigenvalue weighted by Crippen LogP contribution is 2.28. The molecule has 14 nitrogen and oxygen atoms in total. The van der Waals surface area contributed by atoms with Gasteiger partial charge in [-0.3, -0.25) is 19.2 Å². The van der Waals surface area contributed by atoms with Crippen LogP contribution in [0.1, 0.15) is 43.1 Å². The van der Waals surface area contributed by atoms with Crippen molar-refractivity contribution in [1.82, 2.24) is 25.0 Å². The van der Waals surface area contributed by atoms with E-state index in [9.17, 15) is 38.6 Å². The second kappa shape index (κ2) is 14.8. The third-order valence-corrected chi connectivity index (χ3v) is 7.52. The first-order chi connectivity index (χ1) is 21.1. The van der Waals surface area contributed by atoms with E-state index in [1.165, 1.54) is 39.0 Å². The number of aliphatic hydroxyl groups is 1. The molecule has 2 aliphatic rings. The maximum Gasteiger partial charge on any atom is 0.409 e. The predicted octanol–water partition coefficient (Wildman–Crippen LogP) is 1.000. The quantitative estimate of drug-likeness (QED) is 0.348. The van der Waals surface area contributed by atoms with Gasteiger partial charge in [-0.1, -0.05) is 6.07 Å². The Balaban J connectivity index is 1.50. The van der Waals surface area contributed by atoms with Crippen LogP contribution in [0.4, 0.5) is 9.18 Å². The van der Waals surface area contributed by atoms with Crippen molar-refractivity contribution in [1.29, 1.82) is 0 Å². The molecule has 0 radical (unpaired) electrons. The number of carbonyl (C=O) groups excluding carboxylic acids is 4. The molecule has 2 aliphatic heterocycles. The number of piperazine rings is 1. The highest BCUT2D eigenvalue weighted by molar-refractivity contribution is 5.99. The lowest BCUT2D eigenvalue weighted by atomic mass is 10.1. The normalized spacial score (nSPS) is 16.4. The molecular formula is C29H36FN5O9. The number of carbonyl (C=O) groups is 5. The first-order valence-electron chi connectivity index (χ1n) is 14.5. The zero-order chi connectivity index (χ0) is 31.8. The van der Waals surface area contributed by atoms with Crippen molar-refractivity contribution in [3.63, 3.8) is 0 Å². The maximum atomic E-state index is 14.8. The Bertz CT molecular complexity index is 1390. The number of hydrogen-bond acceptors (Lipinski definition) is 9. The molecule has 4 rings (SSSR count). The molecule has 3 heterocycles. The zero-order valence-electron chi connectivity index (χ0n) is 24.4. The lowest BCUT2D eigenvalue weighted by Crippen LogP contribution is -2.56. The highest BCUT2D eigenvalue weighted by atomic mass is 19.1. The van der Waals surface area contributed by atoms with Gasteiger partial charge in [-0.2, -0.15) is 0 Å². The second-order valence-electron chi connectivity index (χ2n) is 10.5. The number of nitrogens with zero attached hydrogens (tertiary/aromatic N) is 4. The topological polar surface area (TPSA) is 179 Å². The SMILES string of the molecule is CCOC(=O)N1CCN(C(=O)C(CCC(=O)O)NC(=O)c2cc(OCC(=O)N3CCC(O)CC3)c3c(F)cccc3n2)CC1. The zero-order valence-corrected chi connectivity index (χ0v) is 24.4. The molecule has 0 saturated carbocycles. The number of ether oxygens (including phenoxy) is 2. The Kier molecular flexibility index (Phi) is 10.9. The molecule has 1 aromatic carbocycles. The molecule has 238 valence electrons. The fraction of sp³-hybridized carbons (Fsp3) is 0.517. The standard InChI is InChI=1S/C29H36FN5O9/c1-2-43-29(42)35-14-12-34(13-15-35)28(41)21(6-7-25(38)39)32-27(40)22-16-23(26-19(30)4-3-5-20(26)31-22)44-17-24(37)33-10-8-18(36)9-11-33/h3-5,16,18,21,36H,2,6-15,17H2,1H3,(H,32,40)(H,38,39). The minimum absolute atomic E-state index is 0.0381. The summed E-state index contributed by atoms with van der Waals surface area (Å²) in [5, 5.41) is 21.5. The Morgan fingerprint density at radius 3 is 2.39 bits per heavy atom. The monoisotopic (exact) mass is 617 g/mol. The molecule has 0 bridgehead atoms. The molecule has 2 fully saturated rings. The summed E-state index contributed by atoms with van der Waals surface area (Å²) in [5.41, 5.74) is -0.156. The number of aliphatic carboxylic acids is 1. The van der Waals surface area contributed by atoms with E-state index in [4.69, 9.17) is 9.47 Å². The minimum Gasteiger partial charge on any atom is -0.483 e. The van der Waals surface area contributed by atoms with Crippen LogP contribution in [0.2, 0.25) is 0 Å². The Morgan fingerprint density at radius 2 is 1.73 bits per heavy atom. The molecule has 0 aliphatic carbocycles. The van der Waals surface area contributed by atoms with Gasteiger partial charge in [0, 0.05) is 51.8 Å².